The van der Waals surface area contributed by atoms with Crippen LogP contribution >= 0.6 is 12.2 Å². The lowest BCUT2D eigenvalue weighted by Gasteiger charge is -2.12. The molecule has 0 saturated heterocycles. The van der Waals surface area contributed by atoms with Gasteiger partial charge < -0.3 is 15.5 Å². The number of aryl methyl sites for hydroxylation is 2. The molecule has 0 atom stereocenters. The number of anilines is 1. The van der Waals surface area contributed by atoms with E-state index < -0.39 is 0 Å². The molecule has 0 radical (unpaired) electrons. The minimum absolute atomic E-state index is 0.194. The van der Waals surface area contributed by atoms with Gasteiger partial charge in [0.1, 0.15) is 0 Å². The lowest BCUT2D eigenvalue weighted by Crippen LogP contribution is -2.24. The minimum atomic E-state index is -0.221. The Kier molecular flexibility index (Phi) is 4.95. The summed E-state index contributed by atoms with van der Waals surface area (Å²) in [7, 11) is 0. The number of phenolic OH excluding ortho intramolecular Hbond substituents is 2. The highest BCUT2D eigenvalue weighted by Crippen LogP contribution is 2.26. The monoisotopic (exact) mass is 315 g/mol. The maximum Gasteiger partial charge on any atom is 0.191 e. The second kappa shape index (κ2) is 6.91. The van der Waals surface area contributed by atoms with Crippen LogP contribution in [0.5, 0.6) is 11.5 Å². The number of nitrogens with zero attached hydrogens (tertiary/aromatic N) is 1. The predicted molar refractivity (Wildman–Crippen MR) is 92.6 cm³/mol. The van der Waals surface area contributed by atoms with E-state index in [0.29, 0.717) is 10.7 Å². The number of aromatic hydroxyl groups is 2. The Balaban J connectivity index is 2.01. The first-order valence-corrected chi connectivity index (χ1v) is 7.07. The fourth-order valence-corrected chi connectivity index (χ4v) is 2.12. The van der Waals surface area contributed by atoms with E-state index >= 15 is 0 Å². The van der Waals surface area contributed by atoms with Crippen LogP contribution in [0.3, 0.4) is 0 Å². The topological polar surface area (TPSA) is 76.9 Å². The average molecular weight is 315 g/mol. The molecule has 0 spiro atoms. The van der Waals surface area contributed by atoms with Gasteiger partial charge in [-0.05, 0) is 49.3 Å². The van der Waals surface area contributed by atoms with E-state index in [2.05, 4.69) is 15.8 Å². The van der Waals surface area contributed by atoms with Crippen LogP contribution < -0.4 is 10.7 Å². The van der Waals surface area contributed by atoms with E-state index in [-0.39, 0.29) is 11.5 Å². The van der Waals surface area contributed by atoms with Crippen LogP contribution in [0.1, 0.15) is 16.7 Å². The average Bonchev–Trinajstić information content (AvgIpc) is 2.47. The number of nitrogens with one attached hydrogen (secondary N) is 2. The van der Waals surface area contributed by atoms with Crippen molar-refractivity contribution in [3.8, 4) is 11.5 Å². The summed E-state index contributed by atoms with van der Waals surface area (Å²) in [6.07, 6.45) is 1.38. The van der Waals surface area contributed by atoms with Gasteiger partial charge in [0, 0.05) is 11.3 Å². The summed E-state index contributed by atoms with van der Waals surface area (Å²) in [6.45, 7) is 3.98. The van der Waals surface area contributed by atoms with Crippen molar-refractivity contribution in [1.29, 1.82) is 0 Å². The molecule has 0 aliphatic rings. The van der Waals surface area contributed by atoms with Gasteiger partial charge in [-0.25, -0.2) is 0 Å². The standard InChI is InChI=1S/C16H17N3O2S/c1-10-5-3-6-11(2)14(10)18-16(22)19-17-9-12-7-4-8-13(20)15(12)21/h3-9,20-21H,1-2H3,(H2,18,19,22)/b17-9+. The number of thiocarbonyl (C=S) groups is 1. The lowest BCUT2D eigenvalue weighted by atomic mass is 10.1. The van der Waals surface area contributed by atoms with Gasteiger partial charge in [0.25, 0.3) is 0 Å². The molecule has 0 heterocycles. The van der Waals surface area contributed by atoms with Gasteiger partial charge >= 0.3 is 0 Å². The number of benzene rings is 2. The SMILES string of the molecule is Cc1cccc(C)c1NC(=S)N/N=C/c1cccc(O)c1O. The van der Waals surface area contributed by atoms with Crippen LogP contribution in [0, 0.1) is 13.8 Å². The van der Waals surface area contributed by atoms with Gasteiger partial charge in [-0.15, -0.1) is 0 Å². The molecular formula is C16H17N3O2S. The quantitative estimate of drug-likeness (QED) is 0.303. The van der Waals surface area contributed by atoms with Crippen molar-refractivity contribution in [2.24, 2.45) is 5.10 Å². The molecule has 2 rings (SSSR count). The maximum atomic E-state index is 9.65. The molecule has 114 valence electrons. The summed E-state index contributed by atoms with van der Waals surface area (Å²) in [5.74, 6) is -0.415. The molecule has 0 saturated carbocycles. The van der Waals surface area contributed by atoms with Crippen LogP contribution in [0.15, 0.2) is 41.5 Å². The second-order valence-electron chi connectivity index (χ2n) is 4.81. The van der Waals surface area contributed by atoms with Gasteiger partial charge in [-0.1, -0.05) is 24.3 Å². The predicted octanol–water partition coefficient (Wildman–Crippen LogP) is 3.04. The van der Waals surface area contributed by atoms with Gasteiger partial charge in [0.15, 0.2) is 16.6 Å². The molecule has 0 aliphatic carbocycles. The Labute approximate surface area is 134 Å². The van der Waals surface area contributed by atoms with E-state index in [4.69, 9.17) is 12.2 Å². The zero-order chi connectivity index (χ0) is 16.1. The number of rotatable bonds is 3. The molecule has 0 aromatic heterocycles. The Morgan fingerprint density at radius 2 is 1.73 bits per heavy atom. The maximum absolute atomic E-state index is 9.65. The van der Waals surface area contributed by atoms with Gasteiger partial charge in [0.05, 0.1) is 6.21 Å². The molecule has 5 nitrogen and oxygen atoms in total. The van der Waals surface area contributed by atoms with Crippen LogP contribution in [0.2, 0.25) is 0 Å². The molecule has 22 heavy (non-hydrogen) atoms. The van der Waals surface area contributed by atoms with E-state index in [9.17, 15) is 10.2 Å². The largest absolute Gasteiger partial charge is 0.504 e. The van der Waals surface area contributed by atoms with Gasteiger partial charge in [-0.3, -0.25) is 5.43 Å². The number of hydrazone groups is 1. The first-order chi connectivity index (χ1) is 10.5. The van der Waals surface area contributed by atoms with Crippen LogP contribution in [0.4, 0.5) is 5.69 Å². The number of phenols is 2. The highest BCUT2D eigenvalue weighted by atomic mass is 32.1. The van der Waals surface area contributed by atoms with Crippen LogP contribution in [-0.4, -0.2) is 21.5 Å². The van der Waals surface area contributed by atoms with Crippen molar-refractivity contribution < 1.29 is 10.2 Å². The van der Waals surface area contributed by atoms with E-state index in [1.165, 1.54) is 12.3 Å². The number of hydrogen-bond donors (Lipinski definition) is 4. The normalized spacial score (nSPS) is 10.6. The highest BCUT2D eigenvalue weighted by molar-refractivity contribution is 7.80. The molecule has 0 amide bonds. The molecule has 2 aromatic carbocycles. The fraction of sp³-hybridized carbons (Fsp3) is 0.125. The van der Waals surface area contributed by atoms with Crippen LogP contribution in [0.25, 0.3) is 0 Å². The van der Waals surface area contributed by atoms with Crippen molar-refractivity contribution in [3.63, 3.8) is 0 Å². The fourth-order valence-electron chi connectivity index (χ4n) is 1.97. The zero-order valence-electron chi connectivity index (χ0n) is 12.3. The van der Waals surface area contributed by atoms with Crippen molar-refractivity contribution in [2.45, 2.75) is 13.8 Å². The minimum Gasteiger partial charge on any atom is -0.504 e. The molecule has 4 N–H and O–H groups in total. The molecule has 0 fully saturated rings. The third-order valence-electron chi connectivity index (χ3n) is 3.14. The van der Waals surface area contributed by atoms with Crippen LogP contribution in [-0.2, 0) is 0 Å². The summed E-state index contributed by atoms with van der Waals surface area (Å²) in [5, 5.41) is 26.4. The number of hydrogen-bond acceptors (Lipinski definition) is 4. The molecule has 0 unspecified atom stereocenters. The molecule has 2 aromatic rings. The Morgan fingerprint density at radius 3 is 2.41 bits per heavy atom. The summed E-state index contributed by atoms with van der Waals surface area (Å²) in [5.41, 5.74) is 6.17. The van der Waals surface area contributed by atoms with Gasteiger partial charge in [-0.2, -0.15) is 5.10 Å². The lowest BCUT2D eigenvalue weighted by molar-refractivity contribution is 0.403. The first-order valence-electron chi connectivity index (χ1n) is 6.66. The Morgan fingerprint density at radius 1 is 1.09 bits per heavy atom. The summed E-state index contributed by atoms with van der Waals surface area (Å²) in [6, 6.07) is 10.6. The van der Waals surface area contributed by atoms with Crippen molar-refractivity contribution in [3.05, 3.63) is 53.1 Å². The Bertz CT molecular complexity index is 709. The third-order valence-corrected chi connectivity index (χ3v) is 3.33. The molecular weight excluding hydrogens is 298 g/mol. The first kappa shape index (κ1) is 15.8. The van der Waals surface area contributed by atoms with Crippen molar-refractivity contribution in [2.75, 3.05) is 5.32 Å². The highest BCUT2D eigenvalue weighted by Gasteiger charge is 2.04. The van der Waals surface area contributed by atoms with Crippen molar-refractivity contribution in [1.82, 2.24) is 5.43 Å². The van der Waals surface area contributed by atoms with E-state index in [1.54, 1.807) is 12.1 Å². The molecule has 0 aliphatic heterocycles. The van der Waals surface area contributed by atoms with E-state index in [0.717, 1.165) is 16.8 Å². The summed E-state index contributed by atoms with van der Waals surface area (Å²) in [4.78, 5) is 0. The van der Waals surface area contributed by atoms with E-state index in [1.807, 2.05) is 32.0 Å². The summed E-state index contributed by atoms with van der Waals surface area (Å²) < 4.78 is 0. The third kappa shape index (κ3) is 3.73. The molecule has 6 heteroatoms. The smallest absolute Gasteiger partial charge is 0.191 e. The summed E-state index contributed by atoms with van der Waals surface area (Å²) >= 11 is 5.18. The zero-order valence-corrected chi connectivity index (χ0v) is 13.1. The van der Waals surface area contributed by atoms with Crippen molar-refractivity contribution >= 4 is 29.2 Å². The number of para-hydroxylation sites is 2. The second-order valence-corrected chi connectivity index (χ2v) is 5.21. The molecule has 0 bridgehead atoms. The van der Waals surface area contributed by atoms with Gasteiger partial charge in [0.2, 0.25) is 0 Å². The Hall–Kier alpha value is -2.60.